The van der Waals surface area contributed by atoms with Crippen LogP contribution >= 0.6 is 0 Å². The number of piperidine rings is 3. The topological polar surface area (TPSA) is 64.7 Å². The number of hydrogen-bond donors (Lipinski definition) is 1. The lowest BCUT2D eigenvalue weighted by molar-refractivity contribution is -0.945. The van der Waals surface area contributed by atoms with Gasteiger partial charge in [-0.05, 0) is 5.92 Å². The molecule has 0 aromatic carbocycles. The Morgan fingerprint density at radius 3 is 2.73 bits per heavy atom. The smallest absolute Gasteiger partial charge is 0.231 e. The van der Waals surface area contributed by atoms with E-state index in [-0.39, 0.29) is 11.3 Å². The zero-order valence-electron chi connectivity index (χ0n) is 16.3. The first-order valence-corrected chi connectivity index (χ1v) is 10.0. The zero-order chi connectivity index (χ0) is 18.3. The number of hydrogen-bond acceptors (Lipinski definition) is 4. The summed E-state index contributed by atoms with van der Waals surface area (Å²) in [6.07, 6.45) is 4.40. The van der Waals surface area contributed by atoms with E-state index in [0.29, 0.717) is 31.1 Å². The number of morpholine rings is 1. The minimum absolute atomic E-state index is 0.0344. The number of amides is 1. The second-order valence-corrected chi connectivity index (χ2v) is 9.21. The number of nitrogens with one attached hydrogen (secondary N) is 1. The Hall–Kier alpha value is -1.47. The van der Waals surface area contributed by atoms with Crippen LogP contribution in [0.25, 0.3) is 0 Å². The molecule has 0 aliphatic carbocycles. The van der Waals surface area contributed by atoms with Gasteiger partial charge in [0.2, 0.25) is 5.91 Å². The third kappa shape index (κ3) is 3.51. The van der Waals surface area contributed by atoms with Crippen LogP contribution in [0.5, 0.6) is 0 Å². The molecule has 7 heteroatoms. The standard InChI is InChI=1S/C19H31N5O2/c1-19(2,3)17-13-24(21-20-17)11-15-10-14-4-5-23(15)12-16(14)18(25)22-6-8-26-9-7-22/h13-16H,4-12H2,1-3H3/p+1/t14-,15+,16-/m0/s1. The summed E-state index contributed by atoms with van der Waals surface area (Å²) in [6.45, 7) is 12.5. The molecule has 4 aliphatic rings. The average Bonchev–Trinajstić information content (AvgIpc) is 3.11. The Labute approximate surface area is 155 Å². The fourth-order valence-corrected chi connectivity index (χ4v) is 4.78. The number of carbonyl (C=O) groups excluding carboxylic acids is 1. The molecular formula is C19H32N5O2+. The molecule has 4 aliphatic heterocycles. The molecule has 0 saturated carbocycles. The Bertz CT molecular complexity index is 647. The summed E-state index contributed by atoms with van der Waals surface area (Å²) in [7, 11) is 0. The van der Waals surface area contributed by atoms with Crippen molar-refractivity contribution >= 4 is 5.91 Å². The van der Waals surface area contributed by atoms with Crippen LogP contribution in [-0.2, 0) is 21.5 Å². The number of nitrogens with zero attached hydrogens (tertiary/aromatic N) is 4. The van der Waals surface area contributed by atoms with Crippen molar-refractivity contribution in [1.29, 1.82) is 0 Å². The Kier molecular flexibility index (Phi) is 4.77. The van der Waals surface area contributed by atoms with E-state index in [1.54, 1.807) is 4.90 Å². The van der Waals surface area contributed by atoms with Crippen molar-refractivity contribution < 1.29 is 14.4 Å². The van der Waals surface area contributed by atoms with Crippen LogP contribution in [0.4, 0.5) is 0 Å². The van der Waals surface area contributed by atoms with E-state index in [4.69, 9.17) is 4.74 Å². The molecule has 0 radical (unpaired) electrons. The van der Waals surface area contributed by atoms with Crippen molar-refractivity contribution in [3.8, 4) is 0 Å². The maximum absolute atomic E-state index is 13.0. The number of rotatable bonds is 3. The molecular weight excluding hydrogens is 330 g/mol. The van der Waals surface area contributed by atoms with E-state index in [2.05, 4.69) is 37.3 Å². The molecule has 5 heterocycles. The Morgan fingerprint density at radius 2 is 2.12 bits per heavy atom. The highest BCUT2D eigenvalue weighted by molar-refractivity contribution is 5.79. The van der Waals surface area contributed by atoms with E-state index in [1.165, 1.54) is 13.0 Å². The monoisotopic (exact) mass is 362 g/mol. The minimum atomic E-state index is 0.0344. The van der Waals surface area contributed by atoms with Crippen molar-refractivity contribution in [2.75, 3.05) is 39.4 Å². The molecule has 1 N–H and O–H groups in total. The molecule has 5 rings (SSSR count). The van der Waals surface area contributed by atoms with Crippen molar-refractivity contribution in [3.05, 3.63) is 11.9 Å². The lowest BCUT2D eigenvalue weighted by atomic mass is 9.75. The van der Waals surface area contributed by atoms with Crippen LogP contribution in [0.15, 0.2) is 6.20 Å². The van der Waals surface area contributed by atoms with Crippen molar-refractivity contribution in [2.24, 2.45) is 11.8 Å². The van der Waals surface area contributed by atoms with Gasteiger partial charge in [-0.3, -0.25) is 4.79 Å². The quantitative estimate of drug-likeness (QED) is 0.804. The summed E-state index contributed by atoms with van der Waals surface area (Å²) in [5.74, 6) is 1.09. The van der Waals surface area contributed by atoms with Gasteiger partial charge >= 0.3 is 0 Å². The van der Waals surface area contributed by atoms with Gasteiger partial charge in [0.25, 0.3) is 0 Å². The molecule has 1 aromatic heterocycles. The maximum Gasteiger partial charge on any atom is 0.231 e. The summed E-state index contributed by atoms with van der Waals surface area (Å²) in [5, 5.41) is 8.70. The van der Waals surface area contributed by atoms with Gasteiger partial charge in [0, 0.05) is 37.5 Å². The molecule has 1 aromatic rings. The van der Waals surface area contributed by atoms with Gasteiger partial charge in [0.05, 0.1) is 44.5 Å². The molecule has 26 heavy (non-hydrogen) atoms. The van der Waals surface area contributed by atoms with Crippen LogP contribution in [0, 0.1) is 11.8 Å². The number of ether oxygens (including phenoxy) is 1. The highest BCUT2D eigenvalue weighted by atomic mass is 16.5. The van der Waals surface area contributed by atoms with Crippen LogP contribution in [0.1, 0.15) is 39.3 Å². The van der Waals surface area contributed by atoms with Gasteiger partial charge < -0.3 is 14.5 Å². The molecule has 4 atom stereocenters. The normalized spacial score (nSPS) is 32.0. The summed E-state index contributed by atoms with van der Waals surface area (Å²) in [4.78, 5) is 16.6. The summed E-state index contributed by atoms with van der Waals surface area (Å²) < 4.78 is 7.41. The lowest BCUT2D eigenvalue weighted by Gasteiger charge is -2.47. The van der Waals surface area contributed by atoms with E-state index < -0.39 is 0 Å². The SMILES string of the molecule is CC(C)(C)c1cn(C[C@H]2C[C@@H]3CC[NH+]2C[C@@H]3C(=O)N2CCOCC2)nn1. The van der Waals surface area contributed by atoms with Crippen molar-refractivity contribution in [1.82, 2.24) is 19.9 Å². The Balaban J connectivity index is 1.39. The van der Waals surface area contributed by atoms with Gasteiger partial charge in [-0.2, -0.15) is 0 Å². The number of fused-ring (bicyclic) bond motifs is 3. The van der Waals surface area contributed by atoms with Gasteiger partial charge in [0.15, 0.2) is 0 Å². The first-order chi connectivity index (χ1) is 12.4. The van der Waals surface area contributed by atoms with Crippen molar-refractivity contribution in [3.63, 3.8) is 0 Å². The highest BCUT2D eigenvalue weighted by Crippen LogP contribution is 2.29. The van der Waals surface area contributed by atoms with Gasteiger partial charge in [-0.25, -0.2) is 4.68 Å². The average molecular weight is 362 g/mol. The molecule has 144 valence electrons. The summed E-state index contributed by atoms with van der Waals surface area (Å²) in [6, 6.07) is 0.553. The van der Waals surface area contributed by atoms with E-state index in [1.807, 2.05) is 9.58 Å². The predicted octanol–water partition coefficient (Wildman–Crippen LogP) is -0.272. The number of aromatic nitrogens is 3. The maximum atomic E-state index is 13.0. The first-order valence-electron chi connectivity index (χ1n) is 10.0. The van der Waals surface area contributed by atoms with Gasteiger partial charge in [0.1, 0.15) is 6.04 Å². The highest BCUT2D eigenvalue weighted by Gasteiger charge is 2.47. The molecule has 2 bridgehead atoms. The van der Waals surface area contributed by atoms with E-state index in [9.17, 15) is 4.79 Å². The van der Waals surface area contributed by atoms with Crippen LogP contribution in [-0.4, -0.2) is 71.2 Å². The molecule has 0 spiro atoms. The lowest BCUT2D eigenvalue weighted by Crippen LogP contribution is -3.20. The zero-order valence-corrected chi connectivity index (χ0v) is 16.3. The van der Waals surface area contributed by atoms with Crippen LogP contribution < -0.4 is 4.90 Å². The first kappa shape index (κ1) is 17.9. The van der Waals surface area contributed by atoms with Crippen molar-refractivity contribution in [2.45, 2.75) is 51.6 Å². The summed E-state index contributed by atoms with van der Waals surface area (Å²) in [5.41, 5.74) is 1.08. The third-order valence-electron chi connectivity index (χ3n) is 6.41. The number of carbonyl (C=O) groups is 1. The van der Waals surface area contributed by atoms with Crippen LogP contribution in [0.3, 0.4) is 0 Å². The van der Waals surface area contributed by atoms with Crippen LogP contribution in [0.2, 0.25) is 0 Å². The predicted molar refractivity (Wildman–Crippen MR) is 96.8 cm³/mol. The fraction of sp³-hybridized carbons (Fsp3) is 0.842. The van der Waals surface area contributed by atoms with Gasteiger partial charge in [-0.15, -0.1) is 5.10 Å². The molecule has 1 amide bonds. The summed E-state index contributed by atoms with van der Waals surface area (Å²) >= 11 is 0. The molecule has 4 saturated heterocycles. The second kappa shape index (κ2) is 6.93. The van der Waals surface area contributed by atoms with E-state index in [0.717, 1.165) is 38.3 Å². The largest absolute Gasteiger partial charge is 0.378 e. The number of quaternary nitrogens is 1. The molecule has 7 nitrogen and oxygen atoms in total. The minimum Gasteiger partial charge on any atom is -0.378 e. The second-order valence-electron chi connectivity index (χ2n) is 9.21. The fourth-order valence-electron chi connectivity index (χ4n) is 4.78. The molecule has 1 unspecified atom stereocenters. The third-order valence-corrected chi connectivity index (χ3v) is 6.41. The Morgan fingerprint density at radius 1 is 1.35 bits per heavy atom. The van der Waals surface area contributed by atoms with Gasteiger partial charge in [-0.1, -0.05) is 26.0 Å². The molecule has 4 fully saturated rings. The van der Waals surface area contributed by atoms with E-state index >= 15 is 0 Å².